The summed E-state index contributed by atoms with van der Waals surface area (Å²) in [7, 11) is 0. The van der Waals surface area contributed by atoms with Crippen LogP contribution in [-0.2, 0) is 6.54 Å². The van der Waals surface area contributed by atoms with Gasteiger partial charge in [-0.2, -0.15) is 0 Å². The second-order valence-electron chi connectivity index (χ2n) is 5.53. The van der Waals surface area contributed by atoms with Gasteiger partial charge in [0.05, 0.1) is 12.2 Å². The number of H-pyrrole nitrogens is 1. The van der Waals surface area contributed by atoms with Gasteiger partial charge in [-0.3, -0.25) is 9.59 Å². The van der Waals surface area contributed by atoms with Crippen LogP contribution in [-0.4, -0.2) is 34.0 Å². The van der Waals surface area contributed by atoms with Crippen LogP contribution in [0.1, 0.15) is 15.9 Å². The van der Waals surface area contributed by atoms with Crippen LogP contribution in [0.2, 0.25) is 0 Å². The molecule has 3 rings (SSSR count). The molecule has 1 heterocycles. The topological polar surface area (TPSA) is 73.4 Å². The van der Waals surface area contributed by atoms with Crippen LogP contribution >= 0.6 is 0 Å². The first-order valence-electron chi connectivity index (χ1n) is 7.75. The number of rotatable bonds is 5. The number of aliphatic hydroxyl groups excluding tert-OH is 1. The minimum atomic E-state index is -0.319. The molecule has 1 aromatic heterocycles. The van der Waals surface area contributed by atoms with Crippen LogP contribution in [0.15, 0.2) is 65.5 Å². The van der Waals surface area contributed by atoms with Crippen molar-refractivity contribution in [2.45, 2.75) is 6.54 Å². The summed E-state index contributed by atoms with van der Waals surface area (Å²) in [6.07, 6.45) is 0. The van der Waals surface area contributed by atoms with Crippen molar-refractivity contribution in [2.75, 3.05) is 13.2 Å². The first kappa shape index (κ1) is 16.0. The molecule has 0 unspecified atom stereocenters. The van der Waals surface area contributed by atoms with Crippen molar-refractivity contribution in [3.8, 4) is 0 Å². The van der Waals surface area contributed by atoms with E-state index in [1.807, 2.05) is 42.5 Å². The third-order valence-corrected chi connectivity index (χ3v) is 3.85. The molecular weight excluding hydrogens is 304 g/mol. The number of para-hydroxylation sites is 1. The Hall–Kier alpha value is -2.92. The fourth-order valence-electron chi connectivity index (χ4n) is 2.73. The summed E-state index contributed by atoms with van der Waals surface area (Å²) in [5.41, 5.74) is 1.62. The summed E-state index contributed by atoms with van der Waals surface area (Å²) in [6, 6.07) is 18.1. The van der Waals surface area contributed by atoms with E-state index in [0.29, 0.717) is 23.0 Å². The molecule has 0 atom stereocenters. The van der Waals surface area contributed by atoms with Crippen molar-refractivity contribution in [3.63, 3.8) is 0 Å². The number of amides is 1. The summed E-state index contributed by atoms with van der Waals surface area (Å²) >= 11 is 0. The van der Waals surface area contributed by atoms with Crippen molar-refractivity contribution in [3.05, 3.63) is 82.1 Å². The van der Waals surface area contributed by atoms with Crippen LogP contribution in [0.25, 0.3) is 10.9 Å². The van der Waals surface area contributed by atoms with Gasteiger partial charge in [-0.1, -0.05) is 48.5 Å². The maximum atomic E-state index is 13.0. The number of aliphatic hydroxyl groups is 1. The molecule has 0 bridgehead atoms. The third-order valence-electron chi connectivity index (χ3n) is 3.85. The molecule has 1 amide bonds. The normalized spacial score (nSPS) is 10.7. The number of aromatic nitrogens is 1. The third kappa shape index (κ3) is 3.36. The SMILES string of the molecule is O=C(c1cc(=O)[nH]c2ccccc12)N(CCO)Cc1ccccc1. The number of hydrogen-bond donors (Lipinski definition) is 2. The van der Waals surface area contributed by atoms with Crippen molar-refractivity contribution in [2.24, 2.45) is 0 Å². The number of fused-ring (bicyclic) bond motifs is 1. The summed E-state index contributed by atoms with van der Waals surface area (Å²) in [5.74, 6) is -0.268. The molecule has 0 fully saturated rings. The molecule has 0 saturated heterocycles. The Kier molecular flexibility index (Phi) is 4.72. The number of carbonyl (C=O) groups is 1. The van der Waals surface area contributed by atoms with Crippen molar-refractivity contribution in [1.29, 1.82) is 0 Å². The molecule has 0 aliphatic heterocycles. The molecule has 0 radical (unpaired) electrons. The molecule has 0 aliphatic carbocycles. The molecule has 0 aliphatic rings. The number of carbonyl (C=O) groups excluding carboxylic acids is 1. The van der Waals surface area contributed by atoms with Crippen LogP contribution in [0.3, 0.4) is 0 Å². The van der Waals surface area contributed by atoms with Gasteiger partial charge in [0.2, 0.25) is 5.56 Å². The van der Waals surface area contributed by atoms with E-state index in [9.17, 15) is 14.7 Å². The van der Waals surface area contributed by atoms with E-state index in [1.54, 1.807) is 17.0 Å². The maximum absolute atomic E-state index is 13.0. The molecule has 3 aromatic rings. The number of nitrogens with one attached hydrogen (secondary N) is 1. The molecule has 5 nitrogen and oxygen atoms in total. The number of benzene rings is 2. The molecule has 5 heteroatoms. The largest absolute Gasteiger partial charge is 0.395 e. The van der Waals surface area contributed by atoms with Crippen LogP contribution in [0, 0.1) is 0 Å². The predicted octanol–water partition coefficient (Wildman–Crippen LogP) is 2.16. The van der Waals surface area contributed by atoms with Gasteiger partial charge in [0.15, 0.2) is 0 Å². The molecule has 0 spiro atoms. The van der Waals surface area contributed by atoms with Crippen molar-refractivity contribution in [1.82, 2.24) is 9.88 Å². The average molecular weight is 322 g/mol. The number of hydrogen-bond acceptors (Lipinski definition) is 3. The quantitative estimate of drug-likeness (QED) is 0.756. The van der Waals surface area contributed by atoms with Gasteiger partial charge < -0.3 is 15.0 Å². The molecule has 0 saturated carbocycles. The highest BCUT2D eigenvalue weighted by Gasteiger charge is 2.19. The number of aromatic amines is 1. The Bertz CT molecular complexity index is 903. The first-order chi connectivity index (χ1) is 11.7. The number of nitrogens with zero attached hydrogens (tertiary/aromatic N) is 1. The average Bonchev–Trinajstić information content (AvgIpc) is 2.61. The standard InChI is InChI=1S/C19H18N2O3/c22-11-10-21(13-14-6-2-1-3-7-14)19(24)16-12-18(23)20-17-9-5-4-8-15(16)17/h1-9,12,22H,10-11,13H2,(H,20,23). The fourth-order valence-corrected chi connectivity index (χ4v) is 2.73. The van der Waals surface area contributed by atoms with Gasteiger partial charge in [-0.15, -0.1) is 0 Å². The molecule has 122 valence electrons. The monoisotopic (exact) mass is 322 g/mol. The zero-order valence-electron chi connectivity index (χ0n) is 13.1. The Balaban J connectivity index is 2.00. The minimum Gasteiger partial charge on any atom is -0.395 e. The minimum absolute atomic E-state index is 0.139. The highest BCUT2D eigenvalue weighted by molar-refractivity contribution is 6.05. The second kappa shape index (κ2) is 7.10. The molecule has 24 heavy (non-hydrogen) atoms. The van der Waals surface area contributed by atoms with Crippen molar-refractivity contribution >= 4 is 16.8 Å². The Morgan fingerprint density at radius 2 is 1.75 bits per heavy atom. The highest BCUT2D eigenvalue weighted by atomic mass is 16.3. The lowest BCUT2D eigenvalue weighted by Crippen LogP contribution is -2.33. The van der Waals surface area contributed by atoms with Gasteiger partial charge >= 0.3 is 0 Å². The van der Waals surface area contributed by atoms with Gasteiger partial charge in [0.25, 0.3) is 5.91 Å². The molecule has 2 aromatic carbocycles. The van der Waals surface area contributed by atoms with E-state index < -0.39 is 0 Å². The lowest BCUT2D eigenvalue weighted by molar-refractivity contribution is 0.0709. The van der Waals surface area contributed by atoms with Gasteiger partial charge in [-0.05, 0) is 11.6 Å². The first-order valence-corrected chi connectivity index (χ1v) is 7.75. The Morgan fingerprint density at radius 1 is 1.04 bits per heavy atom. The van der Waals surface area contributed by atoms with E-state index in [1.165, 1.54) is 6.07 Å². The van der Waals surface area contributed by atoms with Gasteiger partial charge in [0, 0.05) is 30.1 Å². The highest BCUT2D eigenvalue weighted by Crippen LogP contribution is 2.17. The molecule has 2 N–H and O–H groups in total. The van der Waals surface area contributed by atoms with Gasteiger partial charge in [-0.25, -0.2) is 0 Å². The van der Waals surface area contributed by atoms with Crippen LogP contribution in [0.4, 0.5) is 0 Å². The smallest absolute Gasteiger partial charge is 0.255 e. The van der Waals surface area contributed by atoms with E-state index in [2.05, 4.69) is 4.98 Å². The van der Waals surface area contributed by atoms with E-state index in [0.717, 1.165) is 5.56 Å². The Morgan fingerprint density at radius 3 is 2.50 bits per heavy atom. The van der Waals surface area contributed by atoms with Gasteiger partial charge in [0.1, 0.15) is 0 Å². The summed E-state index contributed by atoms with van der Waals surface area (Å²) in [4.78, 5) is 29.1. The van der Waals surface area contributed by atoms with E-state index in [4.69, 9.17) is 0 Å². The second-order valence-corrected chi connectivity index (χ2v) is 5.53. The lowest BCUT2D eigenvalue weighted by atomic mass is 10.1. The van der Waals surface area contributed by atoms with E-state index in [-0.39, 0.29) is 24.6 Å². The summed E-state index contributed by atoms with van der Waals surface area (Å²) < 4.78 is 0. The predicted molar refractivity (Wildman–Crippen MR) is 92.8 cm³/mol. The zero-order chi connectivity index (χ0) is 16.9. The molecular formula is C19H18N2O3. The number of pyridine rings is 1. The van der Waals surface area contributed by atoms with Crippen LogP contribution in [0.5, 0.6) is 0 Å². The summed E-state index contributed by atoms with van der Waals surface area (Å²) in [6.45, 7) is 0.440. The van der Waals surface area contributed by atoms with Crippen LogP contribution < -0.4 is 5.56 Å². The summed E-state index contributed by atoms with van der Waals surface area (Å²) in [5, 5.41) is 10.0. The van der Waals surface area contributed by atoms with Crippen molar-refractivity contribution < 1.29 is 9.90 Å². The van der Waals surface area contributed by atoms with E-state index >= 15 is 0 Å². The maximum Gasteiger partial charge on any atom is 0.255 e. The fraction of sp³-hybridized carbons (Fsp3) is 0.158. The lowest BCUT2D eigenvalue weighted by Gasteiger charge is -2.22. The zero-order valence-corrected chi connectivity index (χ0v) is 13.1. The Labute approximate surface area is 139 Å².